The summed E-state index contributed by atoms with van der Waals surface area (Å²) < 4.78 is 28.4. The van der Waals surface area contributed by atoms with Gasteiger partial charge >= 0.3 is 0 Å². The zero-order chi connectivity index (χ0) is 14.9. The van der Waals surface area contributed by atoms with Crippen molar-refractivity contribution in [3.63, 3.8) is 0 Å². The van der Waals surface area contributed by atoms with Crippen LogP contribution in [0.5, 0.6) is 0 Å². The first-order chi connectivity index (χ1) is 9.47. The second-order valence-corrected chi connectivity index (χ2v) is 4.94. The van der Waals surface area contributed by atoms with E-state index < -0.39 is 11.6 Å². The fourth-order valence-corrected chi connectivity index (χ4v) is 2.51. The molecular weight excluding hydrogens is 260 g/mol. The molecule has 0 fully saturated rings. The van der Waals surface area contributed by atoms with Crippen LogP contribution in [0.4, 0.5) is 14.6 Å². The van der Waals surface area contributed by atoms with Gasteiger partial charge in [-0.1, -0.05) is 13.8 Å². The van der Waals surface area contributed by atoms with E-state index in [-0.39, 0.29) is 5.92 Å². The molecule has 1 heterocycles. The van der Waals surface area contributed by atoms with E-state index in [0.29, 0.717) is 16.9 Å². The molecule has 0 amide bonds. The lowest BCUT2D eigenvalue weighted by molar-refractivity contribution is 0.583. The Kier molecular flexibility index (Phi) is 4.06. The highest BCUT2D eigenvalue weighted by Crippen LogP contribution is 2.36. The zero-order valence-electron chi connectivity index (χ0n) is 12.0. The molecule has 0 spiro atoms. The van der Waals surface area contributed by atoms with Crippen LogP contribution in [0, 0.1) is 11.6 Å². The van der Waals surface area contributed by atoms with Gasteiger partial charge < -0.3 is 5.73 Å². The van der Waals surface area contributed by atoms with Crippen LogP contribution in [-0.2, 0) is 7.05 Å². The Balaban J connectivity index is 2.65. The summed E-state index contributed by atoms with van der Waals surface area (Å²) in [6, 6.07) is 3.44. The summed E-state index contributed by atoms with van der Waals surface area (Å²) in [6.45, 7) is 4.13. The van der Waals surface area contributed by atoms with Gasteiger partial charge in [-0.05, 0) is 30.5 Å². The van der Waals surface area contributed by atoms with Crippen molar-refractivity contribution in [3.05, 3.63) is 35.5 Å². The smallest absolute Gasteiger partial charge is 0.129 e. The van der Waals surface area contributed by atoms with Gasteiger partial charge in [-0.25, -0.2) is 8.78 Å². The third-order valence-corrected chi connectivity index (χ3v) is 3.64. The number of halogens is 2. The van der Waals surface area contributed by atoms with E-state index in [1.54, 1.807) is 11.7 Å². The minimum Gasteiger partial charge on any atom is -0.383 e. The summed E-state index contributed by atoms with van der Waals surface area (Å²) >= 11 is 0. The Morgan fingerprint density at radius 2 is 1.70 bits per heavy atom. The molecule has 0 saturated heterocycles. The Labute approximate surface area is 117 Å². The minimum atomic E-state index is -0.612. The summed E-state index contributed by atoms with van der Waals surface area (Å²) in [4.78, 5) is 0. The first kappa shape index (κ1) is 14.5. The van der Waals surface area contributed by atoms with Crippen LogP contribution >= 0.6 is 0 Å². The van der Waals surface area contributed by atoms with Crippen molar-refractivity contribution in [1.29, 1.82) is 0 Å². The molecule has 0 aliphatic rings. The number of hydrogen-bond acceptors (Lipinski definition) is 2. The molecule has 0 atom stereocenters. The maximum atomic E-state index is 13.4. The summed E-state index contributed by atoms with van der Waals surface area (Å²) in [5.41, 5.74) is 7.92. The number of nitrogens with two attached hydrogens (primary N) is 1. The van der Waals surface area contributed by atoms with Crippen LogP contribution < -0.4 is 5.73 Å². The number of rotatable bonds is 4. The Hall–Kier alpha value is -1.91. The summed E-state index contributed by atoms with van der Waals surface area (Å²) in [7, 11) is 1.74. The van der Waals surface area contributed by atoms with E-state index in [2.05, 4.69) is 18.9 Å². The molecule has 3 nitrogen and oxygen atoms in total. The summed E-state index contributed by atoms with van der Waals surface area (Å²) in [6.07, 6.45) is 1.80. The molecule has 20 heavy (non-hydrogen) atoms. The van der Waals surface area contributed by atoms with E-state index in [1.807, 2.05) is 0 Å². The molecule has 108 valence electrons. The van der Waals surface area contributed by atoms with Gasteiger partial charge in [0.2, 0.25) is 0 Å². The molecular formula is C15H19F2N3. The highest BCUT2D eigenvalue weighted by Gasteiger charge is 2.22. The molecule has 0 unspecified atom stereocenters. The first-order valence-corrected chi connectivity index (χ1v) is 6.76. The number of aromatic nitrogens is 2. The van der Waals surface area contributed by atoms with Crippen molar-refractivity contribution >= 4 is 5.82 Å². The Morgan fingerprint density at radius 1 is 1.15 bits per heavy atom. The van der Waals surface area contributed by atoms with Gasteiger partial charge in [0, 0.05) is 24.6 Å². The number of nitrogen functional groups attached to an aromatic ring is 1. The maximum Gasteiger partial charge on any atom is 0.129 e. The molecule has 5 heteroatoms. The van der Waals surface area contributed by atoms with Crippen LogP contribution in [0.1, 0.15) is 38.3 Å². The molecule has 0 aliphatic carbocycles. The van der Waals surface area contributed by atoms with E-state index in [4.69, 9.17) is 5.73 Å². The largest absolute Gasteiger partial charge is 0.383 e. The average Bonchev–Trinajstić information content (AvgIpc) is 2.66. The van der Waals surface area contributed by atoms with Crippen molar-refractivity contribution in [2.24, 2.45) is 7.05 Å². The number of aryl methyl sites for hydroxylation is 1. The summed E-state index contributed by atoms with van der Waals surface area (Å²) in [5, 5.41) is 4.43. The molecule has 0 aliphatic heterocycles. The minimum absolute atomic E-state index is 0.222. The molecule has 0 bridgehead atoms. The molecule has 2 N–H and O–H groups in total. The predicted octanol–water partition coefficient (Wildman–Crippen LogP) is 3.85. The average molecular weight is 279 g/mol. The SMILES string of the molecule is CCC(CC)c1nn(C)c(N)c1-c1cc(F)cc(F)c1. The van der Waals surface area contributed by atoms with Gasteiger partial charge in [0.1, 0.15) is 17.5 Å². The molecule has 1 aromatic carbocycles. The Bertz CT molecular complexity index is 596. The fraction of sp³-hybridized carbons (Fsp3) is 0.400. The third kappa shape index (κ3) is 2.53. The van der Waals surface area contributed by atoms with E-state index in [0.717, 1.165) is 24.6 Å². The second kappa shape index (κ2) is 5.61. The molecule has 0 saturated carbocycles. The van der Waals surface area contributed by atoms with E-state index in [1.165, 1.54) is 12.1 Å². The van der Waals surface area contributed by atoms with Crippen LogP contribution in [-0.4, -0.2) is 9.78 Å². The highest BCUT2D eigenvalue weighted by atomic mass is 19.1. The van der Waals surface area contributed by atoms with E-state index >= 15 is 0 Å². The quantitative estimate of drug-likeness (QED) is 0.923. The van der Waals surface area contributed by atoms with Crippen LogP contribution in [0.25, 0.3) is 11.1 Å². The lowest BCUT2D eigenvalue weighted by Gasteiger charge is -2.12. The van der Waals surface area contributed by atoms with Crippen molar-refractivity contribution in [1.82, 2.24) is 9.78 Å². The van der Waals surface area contributed by atoms with Crippen LogP contribution in [0.2, 0.25) is 0 Å². The number of benzene rings is 1. The number of hydrogen-bond donors (Lipinski definition) is 1. The monoisotopic (exact) mass is 279 g/mol. The van der Waals surface area contributed by atoms with E-state index in [9.17, 15) is 8.78 Å². The topological polar surface area (TPSA) is 43.8 Å². The van der Waals surface area contributed by atoms with Crippen LogP contribution in [0.15, 0.2) is 18.2 Å². The first-order valence-electron chi connectivity index (χ1n) is 6.76. The van der Waals surface area contributed by atoms with Crippen molar-refractivity contribution in [2.45, 2.75) is 32.6 Å². The molecule has 1 aromatic heterocycles. The predicted molar refractivity (Wildman–Crippen MR) is 76.3 cm³/mol. The van der Waals surface area contributed by atoms with Gasteiger partial charge in [0.15, 0.2) is 0 Å². The van der Waals surface area contributed by atoms with Crippen molar-refractivity contribution < 1.29 is 8.78 Å². The lowest BCUT2D eigenvalue weighted by atomic mass is 9.93. The molecule has 0 radical (unpaired) electrons. The zero-order valence-corrected chi connectivity index (χ0v) is 12.0. The van der Waals surface area contributed by atoms with Crippen molar-refractivity contribution in [3.8, 4) is 11.1 Å². The second-order valence-electron chi connectivity index (χ2n) is 4.94. The molecule has 2 aromatic rings. The number of anilines is 1. The fourth-order valence-electron chi connectivity index (χ4n) is 2.51. The van der Waals surface area contributed by atoms with Gasteiger partial charge in [-0.3, -0.25) is 4.68 Å². The van der Waals surface area contributed by atoms with Gasteiger partial charge in [0.05, 0.1) is 5.69 Å². The molecule has 2 rings (SSSR count). The van der Waals surface area contributed by atoms with Crippen molar-refractivity contribution in [2.75, 3.05) is 5.73 Å². The van der Waals surface area contributed by atoms with Crippen LogP contribution in [0.3, 0.4) is 0 Å². The van der Waals surface area contributed by atoms with Gasteiger partial charge in [0.25, 0.3) is 0 Å². The normalized spacial score (nSPS) is 11.3. The Morgan fingerprint density at radius 3 is 2.20 bits per heavy atom. The van der Waals surface area contributed by atoms with Gasteiger partial charge in [-0.2, -0.15) is 5.10 Å². The lowest BCUT2D eigenvalue weighted by Crippen LogP contribution is -2.00. The maximum absolute atomic E-state index is 13.4. The third-order valence-electron chi connectivity index (χ3n) is 3.64. The van der Waals surface area contributed by atoms with Gasteiger partial charge in [-0.15, -0.1) is 0 Å². The summed E-state index contributed by atoms with van der Waals surface area (Å²) in [5.74, 6) is -0.575. The number of nitrogens with zero attached hydrogens (tertiary/aromatic N) is 2. The standard InChI is InChI=1S/C15H19F2N3/c1-4-9(5-2)14-13(15(18)20(3)19-14)10-6-11(16)8-12(17)7-10/h6-9H,4-5,18H2,1-3H3. The highest BCUT2D eigenvalue weighted by molar-refractivity contribution is 5.77.